The van der Waals surface area contributed by atoms with Crippen molar-refractivity contribution < 1.29 is 9.53 Å². The van der Waals surface area contributed by atoms with Crippen molar-refractivity contribution in [2.45, 2.75) is 20.8 Å². The van der Waals surface area contributed by atoms with Crippen LogP contribution in [-0.2, 0) is 9.53 Å². The third-order valence-electron chi connectivity index (χ3n) is 5.23. The van der Waals surface area contributed by atoms with Crippen molar-refractivity contribution in [3.8, 4) is 0 Å². The molecule has 2 nitrogen and oxygen atoms in total. The van der Waals surface area contributed by atoms with Gasteiger partial charge in [0.25, 0.3) is 0 Å². The fourth-order valence-electron chi connectivity index (χ4n) is 3.74. The van der Waals surface area contributed by atoms with Gasteiger partial charge in [-0.15, -0.1) is 0 Å². The molecule has 0 spiro atoms. The van der Waals surface area contributed by atoms with Gasteiger partial charge in [0.2, 0.25) is 0 Å². The largest absolute Gasteiger partial charge is 0.466 e. The lowest BCUT2D eigenvalue weighted by Gasteiger charge is -2.33. The van der Waals surface area contributed by atoms with Crippen molar-refractivity contribution in [3.05, 3.63) is 91.0 Å². The van der Waals surface area contributed by atoms with E-state index in [0.717, 1.165) is 5.29 Å². The maximum atomic E-state index is 12.7. The molecule has 28 heavy (non-hydrogen) atoms. The van der Waals surface area contributed by atoms with Gasteiger partial charge >= 0.3 is 5.97 Å². The minimum absolute atomic E-state index is 0.160. The standard InChI is InChI=1S/C25H27O2P/c1-4-27-25(26)20(2)21(3)28(22-14-8-5-9-15-22,23-16-10-6-11-17-23)24-18-12-7-13-19-24/h5-20H,4H2,1-3H3. The molecule has 3 aromatic carbocycles. The summed E-state index contributed by atoms with van der Waals surface area (Å²) < 4.78 is 5.39. The van der Waals surface area contributed by atoms with Crippen molar-refractivity contribution in [1.82, 2.24) is 0 Å². The number of carbonyl (C=O) groups is 1. The van der Waals surface area contributed by atoms with Gasteiger partial charge in [0.1, 0.15) is 0 Å². The maximum Gasteiger partial charge on any atom is 0.312 e. The molecule has 0 aliphatic heterocycles. The number of ether oxygens (including phenoxy) is 1. The summed E-state index contributed by atoms with van der Waals surface area (Å²) in [7, 11) is 0. The first-order valence-corrected chi connectivity index (χ1v) is 11.5. The summed E-state index contributed by atoms with van der Waals surface area (Å²) in [5.41, 5.74) is 0. The highest BCUT2D eigenvalue weighted by Crippen LogP contribution is 2.47. The van der Waals surface area contributed by atoms with E-state index in [0.29, 0.717) is 6.61 Å². The minimum Gasteiger partial charge on any atom is -0.466 e. The molecule has 3 rings (SSSR count). The van der Waals surface area contributed by atoms with E-state index in [9.17, 15) is 4.79 Å². The van der Waals surface area contributed by atoms with Crippen LogP contribution in [0.25, 0.3) is 0 Å². The molecule has 0 aliphatic rings. The maximum absolute atomic E-state index is 12.7. The number of hydrogen-bond acceptors (Lipinski definition) is 2. The molecule has 0 fully saturated rings. The van der Waals surface area contributed by atoms with Gasteiger partial charge in [0.05, 0.1) is 12.5 Å². The van der Waals surface area contributed by atoms with Gasteiger partial charge in [0.15, 0.2) is 0 Å². The Morgan fingerprint density at radius 3 is 1.46 bits per heavy atom. The van der Waals surface area contributed by atoms with Crippen LogP contribution in [0.5, 0.6) is 0 Å². The lowest BCUT2D eigenvalue weighted by atomic mass is 10.1. The number of benzene rings is 3. The molecule has 0 saturated carbocycles. The first kappa shape index (κ1) is 20.2. The molecule has 0 aromatic heterocycles. The van der Waals surface area contributed by atoms with E-state index in [-0.39, 0.29) is 11.9 Å². The van der Waals surface area contributed by atoms with Crippen molar-refractivity contribution in [2.24, 2.45) is 5.92 Å². The molecule has 0 N–H and O–H groups in total. The first-order valence-electron chi connectivity index (χ1n) is 9.69. The molecular formula is C25H27O2P. The minimum atomic E-state index is -2.16. The summed E-state index contributed by atoms with van der Waals surface area (Å²) in [5, 5.41) is 4.91. The zero-order valence-electron chi connectivity index (χ0n) is 16.7. The van der Waals surface area contributed by atoms with Gasteiger partial charge in [0, 0.05) is 0 Å². The van der Waals surface area contributed by atoms with Gasteiger partial charge in [-0.2, -0.15) is 0 Å². The molecule has 0 heterocycles. The van der Waals surface area contributed by atoms with Crippen molar-refractivity contribution >= 4 is 34.1 Å². The first-order chi connectivity index (χ1) is 13.6. The van der Waals surface area contributed by atoms with E-state index in [1.165, 1.54) is 15.9 Å². The van der Waals surface area contributed by atoms with Crippen LogP contribution in [0.3, 0.4) is 0 Å². The number of rotatable bonds is 6. The van der Waals surface area contributed by atoms with Gasteiger partial charge in [-0.1, -0.05) is 91.0 Å². The zero-order chi connectivity index (χ0) is 20.0. The van der Waals surface area contributed by atoms with Crippen LogP contribution < -0.4 is 15.9 Å². The Hall–Kier alpha value is -2.57. The van der Waals surface area contributed by atoms with Crippen LogP contribution in [-0.4, -0.2) is 17.9 Å². The Labute approximate surface area is 168 Å². The Kier molecular flexibility index (Phi) is 6.54. The summed E-state index contributed by atoms with van der Waals surface area (Å²) in [4.78, 5) is 12.7. The number of esters is 1. The smallest absolute Gasteiger partial charge is 0.312 e. The lowest BCUT2D eigenvalue weighted by molar-refractivity contribution is -0.144. The predicted molar refractivity (Wildman–Crippen MR) is 122 cm³/mol. The van der Waals surface area contributed by atoms with E-state index < -0.39 is 6.89 Å². The van der Waals surface area contributed by atoms with Gasteiger partial charge in [-0.05, 0) is 48.9 Å². The summed E-state index contributed by atoms with van der Waals surface area (Å²) in [6, 6.07) is 31.7. The van der Waals surface area contributed by atoms with E-state index in [1.807, 2.05) is 32.0 Å². The summed E-state index contributed by atoms with van der Waals surface area (Å²) >= 11 is 0. The highest BCUT2D eigenvalue weighted by molar-refractivity contribution is 7.95. The van der Waals surface area contributed by atoms with E-state index >= 15 is 0 Å². The Bertz CT molecular complexity index is 860. The van der Waals surface area contributed by atoms with E-state index in [2.05, 4.69) is 79.7 Å². The monoisotopic (exact) mass is 390 g/mol. The quantitative estimate of drug-likeness (QED) is 0.461. The average molecular weight is 390 g/mol. The molecule has 3 aromatic rings. The number of hydrogen-bond donors (Lipinski definition) is 0. The van der Waals surface area contributed by atoms with E-state index in [4.69, 9.17) is 4.74 Å². The lowest BCUT2D eigenvalue weighted by Crippen LogP contribution is -2.34. The predicted octanol–water partition coefficient (Wildman–Crippen LogP) is 4.37. The molecule has 1 atom stereocenters. The molecule has 0 saturated heterocycles. The zero-order valence-corrected chi connectivity index (χ0v) is 17.6. The molecule has 0 amide bonds. The van der Waals surface area contributed by atoms with Crippen LogP contribution in [0.2, 0.25) is 0 Å². The Morgan fingerprint density at radius 2 is 1.14 bits per heavy atom. The fourth-order valence-corrected chi connectivity index (χ4v) is 8.40. The molecule has 3 heteroatoms. The molecule has 0 aliphatic carbocycles. The normalized spacial score (nSPS) is 12.2. The van der Waals surface area contributed by atoms with Crippen molar-refractivity contribution in [2.75, 3.05) is 6.61 Å². The molecule has 144 valence electrons. The third kappa shape index (κ3) is 3.70. The summed E-state index contributed by atoms with van der Waals surface area (Å²) in [6.07, 6.45) is 0. The van der Waals surface area contributed by atoms with Crippen LogP contribution in [0.15, 0.2) is 91.0 Å². The van der Waals surface area contributed by atoms with Gasteiger partial charge < -0.3 is 4.74 Å². The van der Waals surface area contributed by atoms with Gasteiger partial charge in [-0.3, -0.25) is 4.79 Å². The van der Waals surface area contributed by atoms with Crippen molar-refractivity contribution in [1.29, 1.82) is 0 Å². The highest BCUT2D eigenvalue weighted by Gasteiger charge is 2.32. The molecule has 0 radical (unpaired) electrons. The topological polar surface area (TPSA) is 26.3 Å². The Balaban J connectivity index is 2.45. The second-order valence-corrected chi connectivity index (χ2v) is 10.4. The second-order valence-electron chi connectivity index (χ2n) is 6.79. The molecule has 1 unspecified atom stereocenters. The van der Waals surface area contributed by atoms with Crippen LogP contribution in [0, 0.1) is 5.92 Å². The average Bonchev–Trinajstić information content (AvgIpc) is 2.76. The SMILES string of the molecule is CCOC(=O)C(C)C(C)=P(c1ccccc1)(c1ccccc1)c1ccccc1. The van der Waals surface area contributed by atoms with Crippen molar-refractivity contribution in [3.63, 3.8) is 0 Å². The molecular weight excluding hydrogens is 363 g/mol. The van der Waals surface area contributed by atoms with Crippen LogP contribution in [0.4, 0.5) is 0 Å². The van der Waals surface area contributed by atoms with E-state index in [1.54, 1.807) is 0 Å². The highest BCUT2D eigenvalue weighted by atomic mass is 31.2. The van der Waals surface area contributed by atoms with Crippen LogP contribution in [0.1, 0.15) is 20.8 Å². The second kappa shape index (κ2) is 9.08. The third-order valence-corrected chi connectivity index (χ3v) is 9.89. The van der Waals surface area contributed by atoms with Gasteiger partial charge in [-0.25, -0.2) is 0 Å². The summed E-state index contributed by atoms with van der Waals surface area (Å²) in [5.74, 6) is -0.457. The Morgan fingerprint density at radius 1 is 0.786 bits per heavy atom. The molecule has 0 bridgehead atoms. The van der Waals surface area contributed by atoms with Crippen LogP contribution >= 0.6 is 6.89 Å². The fraction of sp³-hybridized carbons (Fsp3) is 0.200. The summed E-state index contributed by atoms with van der Waals surface area (Å²) in [6.45, 7) is 4.18. The number of carbonyl (C=O) groups excluding carboxylic acids is 1.